The Morgan fingerprint density at radius 2 is 1.81 bits per heavy atom. The summed E-state index contributed by atoms with van der Waals surface area (Å²) in [5, 5.41) is 10.6. The van der Waals surface area contributed by atoms with Crippen molar-refractivity contribution in [3.63, 3.8) is 0 Å². The van der Waals surface area contributed by atoms with Crippen molar-refractivity contribution >= 4 is 23.6 Å². The minimum Gasteiger partial charge on any atom is -0.483 e. The first kappa shape index (κ1) is 18.7. The number of ether oxygens (including phenoxy) is 1. The molecule has 0 saturated carbocycles. The number of rotatable bonds is 6. The third-order valence-corrected chi connectivity index (χ3v) is 3.31. The third-order valence-electron chi connectivity index (χ3n) is 3.31. The lowest BCUT2D eigenvalue weighted by Gasteiger charge is -2.09. The summed E-state index contributed by atoms with van der Waals surface area (Å²) in [6, 6.07) is 13.0. The van der Waals surface area contributed by atoms with Crippen LogP contribution in [0.25, 0.3) is 6.08 Å². The second kappa shape index (κ2) is 8.97. The van der Waals surface area contributed by atoms with Gasteiger partial charge in [-0.25, -0.2) is 0 Å². The summed E-state index contributed by atoms with van der Waals surface area (Å²) >= 11 is 0. The van der Waals surface area contributed by atoms with E-state index in [9.17, 15) is 19.7 Å². The Kier molecular flexibility index (Phi) is 6.44. The van der Waals surface area contributed by atoms with E-state index in [4.69, 9.17) is 4.74 Å². The number of nitrogens with zero attached hydrogens (tertiary/aromatic N) is 1. The van der Waals surface area contributed by atoms with E-state index < -0.39 is 16.7 Å². The zero-order valence-corrected chi connectivity index (χ0v) is 14.0. The molecule has 134 valence electrons. The number of hydrogen-bond acceptors (Lipinski definition) is 5. The van der Waals surface area contributed by atoms with E-state index in [-0.39, 0.29) is 12.3 Å². The molecule has 0 aliphatic rings. The maximum absolute atomic E-state index is 11.7. The summed E-state index contributed by atoms with van der Waals surface area (Å²) in [7, 11) is 0. The van der Waals surface area contributed by atoms with E-state index in [0.29, 0.717) is 11.3 Å². The van der Waals surface area contributed by atoms with Gasteiger partial charge in [0.2, 0.25) is 0 Å². The van der Waals surface area contributed by atoms with Crippen LogP contribution in [-0.4, -0.2) is 23.3 Å². The van der Waals surface area contributed by atoms with Crippen LogP contribution in [0, 0.1) is 17.0 Å². The number of nitro groups is 1. The number of aryl methyl sites for hydroxylation is 1. The lowest BCUT2D eigenvalue weighted by Crippen LogP contribution is -2.43. The van der Waals surface area contributed by atoms with Gasteiger partial charge in [-0.15, -0.1) is 0 Å². The minimum atomic E-state index is -0.549. The van der Waals surface area contributed by atoms with E-state index in [1.54, 1.807) is 12.1 Å². The molecule has 0 unspecified atom stereocenters. The van der Waals surface area contributed by atoms with E-state index in [1.165, 1.54) is 36.4 Å². The van der Waals surface area contributed by atoms with Crippen molar-refractivity contribution in [2.24, 2.45) is 0 Å². The van der Waals surface area contributed by atoms with Crippen LogP contribution in [-0.2, 0) is 9.59 Å². The summed E-state index contributed by atoms with van der Waals surface area (Å²) in [5.41, 5.74) is 5.92. The Morgan fingerprint density at radius 1 is 1.12 bits per heavy atom. The molecule has 0 radical (unpaired) electrons. The van der Waals surface area contributed by atoms with Crippen molar-refractivity contribution in [1.29, 1.82) is 0 Å². The molecule has 0 spiro atoms. The topological polar surface area (TPSA) is 111 Å². The largest absolute Gasteiger partial charge is 0.483 e. The number of hydrazine groups is 1. The van der Waals surface area contributed by atoms with Gasteiger partial charge in [-0.05, 0) is 42.3 Å². The van der Waals surface area contributed by atoms with Crippen molar-refractivity contribution in [3.8, 4) is 5.75 Å². The van der Waals surface area contributed by atoms with Gasteiger partial charge in [0.05, 0.1) is 4.92 Å². The van der Waals surface area contributed by atoms with Gasteiger partial charge in [0, 0.05) is 18.2 Å². The Hall–Kier alpha value is -3.68. The number of nitrogens with one attached hydrogen (secondary N) is 2. The fourth-order valence-corrected chi connectivity index (χ4v) is 1.95. The molecule has 2 amide bonds. The highest BCUT2D eigenvalue weighted by molar-refractivity contribution is 5.93. The van der Waals surface area contributed by atoms with Crippen LogP contribution in [0.15, 0.2) is 54.6 Å². The average Bonchev–Trinajstić information content (AvgIpc) is 2.64. The number of hydrogen-bond donors (Lipinski definition) is 2. The summed E-state index contributed by atoms with van der Waals surface area (Å²) in [6.07, 6.45) is 2.67. The van der Waals surface area contributed by atoms with Gasteiger partial charge in [0.25, 0.3) is 17.5 Å². The molecule has 8 nitrogen and oxygen atoms in total. The van der Waals surface area contributed by atoms with E-state index in [1.807, 2.05) is 19.1 Å². The number of carbonyl (C=O) groups is 2. The first-order valence-electron chi connectivity index (χ1n) is 7.65. The van der Waals surface area contributed by atoms with E-state index in [0.717, 1.165) is 5.56 Å². The van der Waals surface area contributed by atoms with Crippen LogP contribution in [0.2, 0.25) is 0 Å². The van der Waals surface area contributed by atoms with Gasteiger partial charge < -0.3 is 4.74 Å². The lowest BCUT2D eigenvalue weighted by molar-refractivity contribution is -0.384. The van der Waals surface area contributed by atoms with Crippen molar-refractivity contribution in [1.82, 2.24) is 10.9 Å². The summed E-state index contributed by atoms with van der Waals surface area (Å²) in [6.45, 7) is 1.62. The fourth-order valence-electron chi connectivity index (χ4n) is 1.95. The lowest BCUT2D eigenvalue weighted by atomic mass is 10.2. The van der Waals surface area contributed by atoms with Crippen LogP contribution in [0.4, 0.5) is 5.69 Å². The maximum Gasteiger partial charge on any atom is 0.276 e. The molecule has 26 heavy (non-hydrogen) atoms. The molecular weight excluding hydrogens is 338 g/mol. The van der Waals surface area contributed by atoms with Crippen LogP contribution < -0.4 is 15.6 Å². The number of amides is 2. The monoisotopic (exact) mass is 355 g/mol. The molecule has 0 aliphatic carbocycles. The average molecular weight is 355 g/mol. The smallest absolute Gasteiger partial charge is 0.276 e. The zero-order chi connectivity index (χ0) is 18.9. The summed E-state index contributed by atoms with van der Waals surface area (Å²) in [4.78, 5) is 33.4. The highest BCUT2D eigenvalue weighted by Gasteiger charge is 2.06. The number of benzene rings is 2. The van der Waals surface area contributed by atoms with Crippen LogP contribution in [0.3, 0.4) is 0 Å². The minimum absolute atomic E-state index is 0.0347. The molecule has 0 aromatic heterocycles. The Balaban J connectivity index is 1.76. The predicted molar refractivity (Wildman–Crippen MR) is 95.1 cm³/mol. The summed E-state index contributed by atoms with van der Waals surface area (Å²) < 4.78 is 5.35. The van der Waals surface area contributed by atoms with Crippen molar-refractivity contribution < 1.29 is 19.2 Å². The molecule has 0 aliphatic heterocycles. The van der Waals surface area contributed by atoms with Crippen LogP contribution in [0.1, 0.15) is 11.1 Å². The van der Waals surface area contributed by atoms with Crippen molar-refractivity contribution in [2.45, 2.75) is 6.92 Å². The molecule has 2 aromatic rings. The molecule has 0 saturated heterocycles. The summed E-state index contributed by atoms with van der Waals surface area (Å²) in [5.74, 6) is -0.468. The molecule has 0 heterocycles. The Bertz CT molecular complexity index is 831. The SMILES string of the molecule is Cc1ccccc1OCC(=O)NNC(=O)/C=C/c1ccc([N+](=O)[O-])cc1. The van der Waals surface area contributed by atoms with Crippen molar-refractivity contribution in [3.05, 3.63) is 75.8 Å². The van der Waals surface area contributed by atoms with Gasteiger partial charge in [0.15, 0.2) is 6.61 Å². The number of para-hydroxylation sites is 1. The number of carbonyl (C=O) groups excluding carboxylic acids is 2. The Morgan fingerprint density at radius 3 is 2.46 bits per heavy atom. The molecule has 0 bridgehead atoms. The third kappa shape index (κ3) is 5.75. The zero-order valence-electron chi connectivity index (χ0n) is 14.0. The predicted octanol–water partition coefficient (Wildman–Crippen LogP) is 2.14. The van der Waals surface area contributed by atoms with Gasteiger partial charge in [0.1, 0.15) is 5.75 Å². The normalized spacial score (nSPS) is 10.3. The number of nitro benzene ring substituents is 1. The van der Waals surface area contributed by atoms with Crippen molar-refractivity contribution in [2.75, 3.05) is 6.61 Å². The quantitative estimate of drug-likeness (QED) is 0.468. The standard InChI is InChI=1S/C18H17N3O5/c1-13-4-2-3-5-16(13)26-12-18(23)20-19-17(22)11-8-14-6-9-15(10-7-14)21(24)25/h2-11H,12H2,1H3,(H,19,22)(H,20,23)/b11-8+. The Labute approximate surface area is 149 Å². The highest BCUT2D eigenvalue weighted by atomic mass is 16.6. The highest BCUT2D eigenvalue weighted by Crippen LogP contribution is 2.15. The van der Waals surface area contributed by atoms with E-state index >= 15 is 0 Å². The molecule has 2 aromatic carbocycles. The molecular formula is C18H17N3O5. The van der Waals surface area contributed by atoms with Gasteiger partial charge in [-0.1, -0.05) is 18.2 Å². The first-order valence-corrected chi connectivity index (χ1v) is 7.65. The van der Waals surface area contributed by atoms with Gasteiger partial charge in [-0.3, -0.25) is 30.6 Å². The molecule has 0 atom stereocenters. The molecule has 0 fully saturated rings. The fraction of sp³-hybridized carbons (Fsp3) is 0.111. The second-order valence-corrected chi connectivity index (χ2v) is 5.27. The number of non-ortho nitro benzene ring substituents is 1. The molecule has 2 rings (SSSR count). The molecule has 2 N–H and O–H groups in total. The molecule has 8 heteroatoms. The van der Waals surface area contributed by atoms with Crippen LogP contribution >= 0.6 is 0 Å². The maximum atomic E-state index is 11.7. The second-order valence-electron chi connectivity index (χ2n) is 5.27. The van der Waals surface area contributed by atoms with Crippen LogP contribution in [0.5, 0.6) is 5.75 Å². The first-order chi connectivity index (χ1) is 12.5. The van der Waals surface area contributed by atoms with Gasteiger partial charge >= 0.3 is 0 Å². The van der Waals surface area contributed by atoms with E-state index in [2.05, 4.69) is 10.9 Å². The van der Waals surface area contributed by atoms with Gasteiger partial charge in [-0.2, -0.15) is 0 Å².